The van der Waals surface area contributed by atoms with Crippen molar-refractivity contribution in [2.45, 2.75) is 96.8 Å². The van der Waals surface area contributed by atoms with Gasteiger partial charge in [-0.3, -0.25) is 0 Å². The van der Waals surface area contributed by atoms with Crippen molar-refractivity contribution in [3.05, 3.63) is 0 Å². The normalized spacial score (nSPS) is 9.50. The summed E-state index contributed by atoms with van der Waals surface area (Å²) in [6, 6.07) is 0. The first-order valence-electron chi connectivity index (χ1n) is 8.95. The molecule has 0 unspecified atom stereocenters. The molecule has 0 amide bonds. The molecule has 124 valence electrons. The van der Waals surface area contributed by atoms with E-state index in [1.54, 1.807) is 0 Å². The third-order valence-corrected chi connectivity index (χ3v) is 3.58. The quantitative estimate of drug-likeness (QED) is 0.378. The molecular formula is C20H32O2. The van der Waals surface area contributed by atoms with Gasteiger partial charge in [0.25, 0.3) is 0 Å². The number of unbranched alkanes of at least 4 members (excludes halogenated alkanes) is 12. The van der Waals surface area contributed by atoms with Gasteiger partial charge in [-0.05, 0) is 19.3 Å². The molecule has 0 fully saturated rings. The van der Waals surface area contributed by atoms with E-state index in [2.05, 4.69) is 30.6 Å². The topological polar surface area (TPSA) is 37.3 Å². The van der Waals surface area contributed by atoms with Crippen molar-refractivity contribution in [3.63, 3.8) is 0 Å². The number of carbonyl (C=O) groups is 1. The zero-order valence-electron chi connectivity index (χ0n) is 14.3. The summed E-state index contributed by atoms with van der Waals surface area (Å²) in [5.41, 5.74) is 0. The second-order valence-corrected chi connectivity index (χ2v) is 5.75. The molecule has 0 atom stereocenters. The summed E-state index contributed by atoms with van der Waals surface area (Å²) in [5, 5.41) is 8.35. The largest absolute Gasteiger partial charge is 0.472 e. The molecule has 0 bridgehead atoms. The molecule has 2 nitrogen and oxygen atoms in total. The molecule has 0 aliphatic carbocycles. The molecule has 0 spiro atoms. The number of hydrogen-bond donors (Lipinski definition) is 1. The van der Waals surface area contributed by atoms with Crippen LogP contribution in [-0.2, 0) is 4.79 Å². The highest BCUT2D eigenvalue weighted by molar-refractivity contribution is 5.86. The lowest BCUT2D eigenvalue weighted by Crippen LogP contribution is -1.86. The van der Waals surface area contributed by atoms with Crippen molar-refractivity contribution in [2.75, 3.05) is 0 Å². The van der Waals surface area contributed by atoms with Gasteiger partial charge in [0.1, 0.15) is 0 Å². The summed E-state index contributed by atoms with van der Waals surface area (Å²) in [5.74, 6) is 10.3. The first-order valence-corrected chi connectivity index (χ1v) is 8.95. The molecule has 0 rings (SSSR count). The van der Waals surface area contributed by atoms with Crippen LogP contribution in [0.15, 0.2) is 0 Å². The molecule has 0 saturated carbocycles. The number of aliphatic carboxylic acids is 1. The van der Waals surface area contributed by atoms with Gasteiger partial charge in [0.05, 0.1) is 0 Å². The molecule has 0 aromatic carbocycles. The fourth-order valence-electron chi connectivity index (χ4n) is 2.27. The molecule has 0 aliphatic rings. The van der Waals surface area contributed by atoms with E-state index in [1.807, 2.05) is 0 Å². The minimum atomic E-state index is -1.03. The van der Waals surface area contributed by atoms with Crippen LogP contribution in [0.25, 0.3) is 0 Å². The summed E-state index contributed by atoms with van der Waals surface area (Å²) >= 11 is 0. The Bertz CT molecular complexity index is 376. The maximum Gasteiger partial charge on any atom is 0.381 e. The molecular weight excluding hydrogens is 272 g/mol. The lowest BCUT2D eigenvalue weighted by atomic mass is 10.1. The summed E-state index contributed by atoms with van der Waals surface area (Å²) in [4.78, 5) is 10.2. The number of carboxylic acid groups (broad SMARTS) is 1. The molecule has 0 saturated heterocycles. The van der Waals surface area contributed by atoms with Gasteiger partial charge in [-0.2, -0.15) is 0 Å². The summed E-state index contributed by atoms with van der Waals surface area (Å²) in [7, 11) is 0. The average Bonchev–Trinajstić information content (AvgIpc) is 2.50. The van der Waals surface area contributed by atoms with Crippen LogP contribution in [0.4, 0.5) is 0 Å². The summed E-state index contributed by atoms with van der Waals surface area (Å²) in [6.45, 7) is 2.25. The molecule has 0 aromatic rings. The second-order valence-electron chi connectivity index (χ2n) is 5.75. The molecule has 0 aliphatic heterocycles. The van der Waals surface area contributed by atoms with Crippen LogP contribution < -0.4 is 0 Å². The third kappa shape index (κ3) is 18.6. The van der Waals surface area contributed by atoms with Crippen molar-refractivity contribution in [1.82, 2.24) is 0 Å². The molecule has 22 heavy (non-hydrogen) atoms. The van der Waals surface area contributed by atoms with Crippen LogP contribution in [-0.4, -0.2) is 11.1 Å². The first kappa shape index (κ1) is 20.6. The third-order valence-electron chi connectivity index (χ3n) is 3.58. The van der Waals surface area contributed by atoms with E-state index in [-0.39, 0.29) is 0 Å². The van der Waals surface area contributed by atoms with Crippen molar-refractivity contribution >= 4 is 5.97 Å². The molecule has 1 N–H and O–H groups in total. The van der Waals surface area contributed by atoms with Crippen LogP contribution in [0.1, 0.15) is 96.8 Å². The van der Waals surface area contributed by atoms with Gasteiger partial charge in [0, 0.05) is 25.2 Å². The van der Waals surface area contributed by atoms with E-state index < -0.39 is 5.97 Å². The number of rotatable bonds is 12. The zero-order chi connectivity index (χ0) is 16.3. The second kappa shape index (κ2) is 17.6. The highest BCUT2D eigenvalue weighted by Gasteiger charge is 1.90. The van der Waals surface area contributed by atoms with Crippen LogP contribution in [0.3, 0.4) is 0 Å². The van der Waals surface area contributed by atoms with E-state index in [0.29, 0.717) is 6.42 Å². The van der Waals surface area contributed by atoms with Gasteiger partial charge in [-0.1, -0.05) is 64.2 Å². The van der Waals surface area contributed by atoms with Crippen LogP contribution in [0, 0.1) is 23.7 Å². The summed E-state index contributed by atoms with van der Waals surface area (Å²) < 4.78 is 0. The molecule has 0 radical (unpaired) electrons. The standard InChI is InChI=1S/C20H32O2/c1-2-3-4-5-6-7-8-9-10-11-12-13-14-15-16-17-18-19-20(21)22/h2-8,11-17H2,1H3,(H,21,22). The highest BCUT2D eigenvalue weighted by Crippen LogP contribution is 2.07. The average molecular weight is 304 g/mol. The van der Waals surface area contributed by atoms with Crippen LogP contribution in [0.2, 0.25) is 0 Å². The fraction of sp³-hybridized carbons (Fsp3) is 0.750. The maximum atomic E-state index is 10.2. The Morgan fingerprint density at radius 3 is 1.55 bits per heavy atom. The number of carboxylic acids is 1. The van der Waals surface area contributed by atoms with Gasteiger partial charge >= 0.3 is 5.97 Å². The Kier molecular flexibility index (Phi) is 16.5. The molecule has 0 aromatic heterocycles. The minimum Gasteiger partial charge on any atom is -0.472 e. The van der Waals surface area contributed by atoms with Crippen molar-refractivity contribution in [2.24, 2.45) is 0 Å². The lowest BCUT2D eigenvalue weighted by molar-refractivity contribution is -0.130. The van der Waals surface area contributed by atoms with E-state index in [9.17, 15) is 4.79 Å². The molecule has 2 heteroatoms. The van der Waals surface area contributed by atoms with Gasteiger partial charge in [0.2, 0.25) is 0 Å². The van der Waals surface area contributed by atoms with Gasteiger partial charge in [-0.25, -0.2) is 4.79 Å². The number of hydrogen-bond acceptors (Lipinski definition) is 1. The Labute approximate surface area is 137 Å². The Morgan fingerprint density at radius 2 is 1.09 bits per heavy atom. The van der Waals surface area contributed by atoms with Crippen LogP contribution >= 0.6 is 0 Å². The van der Waals surface area contributed by atoms with Gasteiger partial charge < -0.3 is 5.11 Å². The maximum absolute atomic E-state index is 10.2. The van der Waals surface area contributed by atoms with Crippen molar-refractivity contribution in [1.29, 1.82) is 0 Å². The lowest BCUT2D eigenvalue weighted by Gasteiger charge is -1.97. The Morgan fingerprint density at radius 1 is 0.682 bits per heavy atom. The Hall–Kier alpha value is -1.41. The van der Waals surface area contributed by atoms with Gasteiger partial charge in [-0.15, -0.1) is 11.8 Å². The highest BCUT2D eigenvalue weighted by atomic mass is 16.4. The van der Waals surface area contributed by atoms with E-state index in [4.69, 9.17) is 5.11 Å². The first-order chi connectivity index (χ1) is 10.8. The predicted molar refractivity (Wildman–Crippen MR) is 93.5 cm³/mol. The zero-order valence-corrected chi connectivity index (χ0v) is 14.3. The minimum absolute atomic E-state index is 0.699. The van der Waals surface area contributed by atoms with E-state index in [0.717, 1.165) is 25.7 Å². The SMILES string of the molecule is CCCCCCCCC#CCCCCCCCC#CC(=O)O. The van der Waals surface area contributed by atoms with Crippen LogP contribution in [0.5, 0.6) is 0 Å². The monoisotopic (exact) mass is 304 g/mol. The van der Waals surface area contributed by atoms with E-state index >= 15 is 0 Å². The van der Waals surface area contributed by atoms with Crippen molar-refractivity contribution < 1.29 is 9.90 Å². The molecule has 0 heterocycles. The van der Waals surface area contributed by atoms with Crippen molar-refractivity contribution in [3.8, 4) is 23.7 Å². The summed E-state index contributed by atoms with van der Waals surface area (Å²) in [6.07, 6.45) is 16.6. The fourth-order valence-corrected chi connectivity index (χ4v) is 2.27. The van der Waals surface area contributed by atoms with Gasteiger partial charge in [0.15, 0.2) is 0 Å². The Balaban J connectivity index is 3.19. The predicted octanol–water partition coefficient (Wildman–Crippen LogP) is 5.56. The smallest absolute Gasteiger partial charge is 0.381 e. The van der Waals surface area contributed by atoms with E-state index in [1.165, 1.54) is 57.8 Å².